The Bertz CT molecular complexity index is 205. The fourth-order valence-electron chi connectivity index (χ4n) is 0.423. The molecule has 1 aromatic heterocycles. The Morgan fingerprint density at radius 3 is 2.88 bits per heavy atom. The highest BCUT2D eigenvalue weighted by Gasteiger charge is 1.74. The molecule has 3 nitrogen and oxygen atoms in total. The molecule has 1 heterocycles. The average molecular weight is 109 g/mol. The van der Waals surface area contributed by atoms with E-state index in [1.165, 1.54) is 0 Å². The fourth-order valence-corrected chi connectivity index (χ4v) is 0.423. The highest BCUT2D eigenvalue weighted by atomic mass is 15.0. The van der Waals surface area contributed by atoms with Gasteiger partial charge >= 0.3 is 0 Å². The van der Waals surface area contributed by atoms with Gasteiger partial charge in [-0.3, -0.25) is 5.41 Å². The number of aryl methyl sites for hydroxylation is 1. The molecule has 3 heteroatoms. The molecule has 0 atom stereocenters. The number of nitrogens with zero attached hydrogens (tertiary/aromatic N) is 2. The van der Waals surface area contributed by atoms with Gasteiger partial charge in [0.05, 0.1) is 6.33 Å². The Hall–Kier alpha value is -1.12. The largest absolute Gasteiger partial charge is 0.342 e. The van der Waals surface area contributed by atoms with E-state index >= 15 is 0 Å². The molecule has 0 unspecified atom stereocenters. The van der Waals surface area contributed by atoms with E-state index in [-0.39, 0.29) is 0 Å². The first-order valence-electron chi connectivity index (χ1n) is 2.32. The standard InChI is InChI=1S/C5H7N3/c1-8-3-2-5(6)7-4-8/h2-4,6H,1H3. The number of rotatable bonds is 0. The number of hydrogen-bond acceptors (Lipinski definition) is 2. The van der Waals surface area contributed by atoms with Crippen LogP contribution < -0.4 is 5.49 Å². The summed E-state index contributed by atoms with van der Waals surface area (Å²) in [4.78, 5) is 3.71. The van der Waals surface area contributed by atoms with Gasteiger partial charge in [-0.1, -0.05) is 0 Å². The molecule has 8 heavy (non-hydrogen) atoms. The summed E-state index contributed by atoms with van der Waals surface area (Å²) in [7, 11) is 1.87. The summed E-state index contributed by atoms with van der Waals surface area (Å²) in [5.41, 5.74) is 0.308. The Morgan fingerprint density at radius 2 is 2.50 bits per heavy atom. The minimum atomic E-state index is 0.308. The van der Waals surface area contributed by atoms with E-state index in [2.05, 4.69) is 4.98 Å². The van der Waals surface area contributed by atoms with Crippen LogP contribution in [0.5, 0.6) is 0 Å². The first-order valence-corrected chi connectivity index (χ1v) is 2.32. The zero-order valence-corrected chi connectivity index (χ0v) is 4.63. The summed E-state index contributed by atoms with van der Waals surface area (Å²) in [6, 6.07) is 1.64. The molecule has 0 aromatic carbocycles. The van der Waals surface area contributed by atoms with Gasteiger partial charge in [0.25, 0.3) is 0 Å². The molecule has 0 bridgehead atoms. The third kappa shape index (κ3) is 0.932. The van der Waals surface area contributed by atoms with Crippen LogP contribution in [-0.4, -0.2) is 9.55 Å². The molecule has 1 rings (SSSR count). The summed E-state index contributed by atoms with van der Waals surface area (Å²) in [6.07, 6.45) is 3.39. The molecule has 0 saturated carbocycles. The van der Waals surface area contributed by atoms with Crippen LogP contribution in [0.4, 0.5) is 0 Å². The van der Waals surface area contributed by atoms with Crippen LogP contribution >= 0.6 is 0 Å². The van der Waals surface area contributed by atoms with E-state index in [1.54, 1.807) is 23.2 Å². The predicted octanol–water partition coefficient (Wildman–Crippen LogP) is -0.100. The number of aromatic nitrogens is 2. The lowest BCUT2D eigenvalue weighted by molar-refractivity contribution is 0.839. The van der Waals surface area contributed by atoms with E-state index in [0.29, 0.717) is 5.49 Å². The zero-order valence-electron chi connectivity index (χ0n) is 4.63. The first-order chi connectivity index (χ1) is 3.79. The van der Waals surface area contributed by atoms with E-state index in [1.807, 2.05) is 7.05 Å². The molecule has 0 spiro atoms. The Balaban J connectivity index is 3.22. The van der Waals surface area contributed by atoms with Crippen molar-refractivity contribution in [2.45, 2.75) is 0 Å². The lowest BCUT2D eigenvalue weighted by Gasteiger charge is -1.90. The molecular formula is C5H7N3. The second-order valence-electron chi connectivity index (χ2n) is 1.61. The van der Waals surface area contributed by atoms with Crippen molar-refractivity contribution in [1.29, 1.82) is 5.41 Å². The van der Waals surface area contributed by atoms with E-state index in [0.717, 1.165) is 0 Å². The molecule has 0 aliphatic rings. The smallest absolute Gasteiger partial charge is 0.147 e. The molecule has 0 radical (unpaired) electrons. The van der Waals surface area contributed by atoms with Gasteiger partial charge in [-0.15, -0.1) is 0 Å². The Labute approximate surface area is 47.1 Å². The molecule has 0 fully saturated rings. The lowest BCUT2D eigenvalue weighted by Crippen LogP contribution is -2.05. The van der Waals surface area contributed by atoms with Crippen LogP contribution in [0.15, 0.2) is 18.6 Å². The molecular weight excluding hydrogens is 102 g/mol. The second-order valence-corrected chi connectivity index (χ2v) is 1.61. The zero-order chi connectivity index (χ0) is 5.98. The summed E-state index contributed by atoms with van der Waals surface area (Å²) < 4.78 is 1.79. The number of hydrogen-bond donors (Lipinski definition) is 1. The Morgan fingerprint density at radius 1 is 1.75 bits per heavy atom. The van der Waals surface area contributed by atoms with Gasteiger partial charge in [-0.2, -0.15) is 0 Å². The van der Waals surface area contributed by atoms with Crippen molar-refractivity contribution >= 4 is 0 Å². The summed E-state index contributed by atoms with van der Waals surface area (Å²) >= 11 is 0. The molecule has 0 aliphatic heterocycles. The topological polar surface area (TPSA) is 41.7 Å². The van der Waals surface area contributed by atoms with E-state index in [9.17, 15) is 0 Å². The fraction of sp³-hybridized carbons (Fsp3) is 0.200. The highest BCUT2D eigenvalue weighted by Crippen LogP contribution is 1.68. The molecule has 1 N–H and O–H groups in total. The third-order valence-electron chi connectivity index (χ3n) is 0.846. The van der Waals surface area contributed by atoms with Crippen LogP contribution in [0.3, 0.4) is 0 Å². The molecule has 0 aliphatic carbocycles. The summed E-state index contributed by atoms with van der Waals surface area (Å²) in [6.45, 7) is 0. The van der Waals surface area contributed by atoms with Gasteiger partial charge in [0.2, 0.25) is 0 Å². The maximum Gasteiger partial charge on any atom is 0.147 e. The van der Waals surface area contributed by atoms with Crippen LogP contribution in [0, 0.1) is 5.41 Å². The van der Waals surface area contributed by atoms with Crippen LogP contribution in [0.25, 0.3) is 0 Å². The average Bonchev–Trinajstić information content (AvgIpc) is 1.77. The van der Waals surface area contributed by atoms with Gasteiger partial charge in [0.1, 0.15) is 5.49 Å². The summed E-state index contributed by atoms with van der Waals surface area (Å²) in [5.74, 6) is 0. The molecule has 42 valence electrons. The van der Waals surface area contributed by atoms with Gasteiger partial charge in [-0.25, -0.2) is 4.98 Å². The lowest BCUT2D eigenvalue weighted by atomic mass is 10.6. The van der Waals surface area contributed by atoms with Gasteiger partial charge < -0.3 is 4.57 Å². The van der Waals surface area contributed by atoms with Crippen molar-refractivity contribution in [2.75, 3.05) is 0 Å². The SMILES string of the molecule is Cn1ccc(=N)nc1. The van der Waals surface area contributed by atoms with Gasteiger partial charge in [0.15, 0.2) is 0 Å². The third-order valence-corrected chi connectivity index (χ3v) is 0.846. The van der Waals surface area contributed by atoms with Gasteiger partial charge in [-0.05, 0) is 6.07 Å². The maximum atomic E-state index is 6.97. The quantitative estimate of drug-likeness (QED) is 0.496. The summed E-state index contributed by atoms with van der Waals surface area (Å²) in [5, 5.41) is 6.97. The second kappa shape index (κ2) is 1.78. The van der Waals surface area contributed by atoms with Crippen molar-refractivity contribution in [2.24, 2.45) is 7.05 Å². The first kappa shape index (κ1) is 5.03. The minimum Gasteiger partial charge on any atom is -0.342 e. The normalized spacial score (nSPS) is 9.12. The minimum absolute atomic E-state index is 0.308. The monoisotopic (exact) mass is 109 g/mol. The predicted molar refractivity (Wildman–Crippen MR) is 29.1 cm³/mol. The highest BCUT2D eigenvalue weighted by molar-refractivity contribution is 4.76. The van der Waals surface area contributed by atoms with E-state index < -0.39 is 0 Å². The van der Waals surface area contributed by atoms with Crippen molar-refractivity contribution in [3.63, 3.8) is 0 Å². The van der Waals surface area contributed by atoms with Crippen molar-refractivity contribution in [3.8, 4) is 0 Å². The van der Waals surface area contributed by atoms with Crippen LogP contribution in [-0.2, 0) is 7.05 Å². The maximum absolute atomic E-state index is 6.97. The Kier molecular flexibility index (Phi) is 1.12. The van der Waals surface area contributed by atoms with Crippen molar-refractivity contribution < 1.29 is 0 Å². The van der Waals surface area contributed by atoms with Crippen LogP contribution in [0.2, 0.25) is 0 Å². The molecule has 0 amide bonds. The van der Waals surface area contributed by atoms with Crippen molar-refractivity contribution in [1.82, 2.24) is 9.55 Å². The van der Waals surface area contributed by atoms with E-state index in [4.69, 9.17) is 5.41 Å². The molecule has 0 saturated heterocycles. The van der Waals surface area contributed by atoms with Gasteiger partial charge in [0, 0.05) is 13.2 Å². The van der Waals surface area contributed by atoms with Crippen LogP contribution in [0.1, 0.15) is 0 Å². The van der Waals surface area contributed by atoms with Crippen molar-refractivity contribution in [3.05, 3.63) is 24.1 Å². The molecule has 1 aromatic rings. The number of nitrogens with one attached hydrogen (secondary N) is 1.